The van der Waals surface area contributed by atoms with Crippen LogP contribution < -0.4 is 0 Å². The minimum atomic E-state index is -0.579. The third-order valence-corrected chi connectivity index (χ3v) is 2.75. The lowest BCUT2D eigenvalue weighted by atomic mass is 10.4. The number of hydrogen-bond donors (Lipinski definition) is 0. The van der Waals surface area contributed by atoms with E-state index < -0.39 is 11.3 Å². The molecule has 1 heterocycles. The summed E-state index contributed by atoms with van der Waals surface area (Å²) in [6.45, 7) is 2.19. The molecule has 0 bridgehead atoms. The van der Waals surface area contributed by atoms with E-state index in [0.717, 1.165) is 4.88 Å². The molecule has 0 aromatic carbocycles. The number of amides is 1. The summed E-state index contributed by atoms with van der Waals surface area (Å²) in [5.41, 5.74) is 0. The molecule has 0 aliphatic carbocycles. The fourth-order valence-corrected chi connectivity index (χ4v) is 2.00. The highest BCUT2D eigenvalue weighted by Gasteiger charge is 2.17. The highest BCUT2D eigenvalue weighted by molar-refractivity contribution is 7.09. The third kappa shape index (κ3) is 4.20. The van der Waals surface area contributed by atoms with E-state index in [2.05, 4.69) is 0 Å². The Labute approximate surface area is 103 Å². The lowest BCUT2D eigenvalue weighted by Crippen LogP contribution is -2.34. The zero-order valence-corrected chi connectivity index (χ0v) is 10.4. The zero-order valence-electron chi connectivity index (χ0n) is 8.81. The molecule has 0 unspecified atom stereocenters. The summed E-state index contributed by atoms with van der Waals surface area (Å²) in [4.78, 5) is 24.6. The first-order chi connectivity index (χ1) is 7.63. The monoisotopic (exact) mass is 261 g/mol. The number of halogens is 1. The maximum absolute atomic E-state index is 11.5. The zero-order chi connectivity index (χ0) is 12.0. The first kappa shape index (κ1) is 13.0. The van der Waals surface area contributed by atoms with Gasteiger partial charge in [-0.25, -0.2) is 4.79 Å². The molecule has 1 aromatic heterocycles. The van der Waals surface area contributed by atoms with Crippen molar-refractivity contribution in [1.29, 1.82) is 0 Å². The van der Waals surface area contributed by atoms with E-state index in [1.165, 1.54) is 16.2 Å². The SMILES string of the molecule is CCOC(=O)N(CC(=O)Cl)Cc1cccs1. The average Bonchev–Trinajstić information content (AvgIpc) is 2.69. The average molecular weight is 262 g/mol. The van der Waals surface area contributed by atoms with Crippen LogP contribution in [0.5, 0.6) is 0 Å². The van der Waals surface area contributed by atoms with E-state index in [1.54, 1.807) is 6.92 Å². The molecule has 0 fully saturated rings. The Hall–Kier alpha value is -1.07. The Kier molecular flexibility index (Phi) is 5.28. The summed E-state index contributed by atoms with van der Waals surface area (Å²) in [5.74, 6) is 0. The first-order valence-electron chi connectivity index (χ1n) is 4.76. The molecule has 6 heteroatoms. The Morgan fingerprint density at radius 3 is 2.81 bits per heavy atom. The molecule has 1 amide bonds. The lowest BCUT2D eigenvalue weighted by Gasteiger charge is -2.19. The minimum absolute atomic E-state index is 0.141. The lowest BCUT2D eigenvalue weighted by molar-refractivity contribution is -0.112. The fraction of sp³-hybridized carbons (Fsp3) is 0.400. The topological polar surface area (TPSA) is 46.6 Å². The second-order valence-electron chi connectivity index (χ2n) is 2.99. The third-order valence-electron chi connectivity index (χ3n) is 1.77. The van der Waals surface area contributed by atoms with Gasteiger partial charge < -0.3 is 4.74 Å². The van der Waals surface area contributed by atoms with Crippen molar-refractivity contribution >= 4 is 34.3 Å². The molecule has 0 radical (unpaired) electrons. The van der Waals surface area contributed by atoms with Gasteiger partial charge in [0.2, 0.25) is 5.24 Å². The highest BCUT2D eigenvalue weighted by atomic mass is 35.5. The first-order valence-corrected chi connectivity index (χ1v) is 6.01. The second kappa shape index (κ2) is 6.50. The number of carbonyl (C=O) groups excluding carboxylic acids is 2. The predicted octanol–water partition coefficient (Wildman–Crippen LogP) is 2.47. The van der Waals surface area contributed by atoms with Crippen molar-refractivity contribution in [2.24, 2.45) is 0 Å². The number of ether oxygens (including phenoxy) is 1. The summed E-state index contributed by atoms with van der Waals surface area (Å²) in [5, 5.41) is 1.32. The van der Waals surface area contributed by atoms with Crippen LogP contribution in [0.3, 0.4) is 0 Å². The quantitative estimate of drug-likeness (QED) is 0.765. The van der Waals surface area contributed by atoms with Gasteiger partial charge in [-0.05, 0) is 30.0 Å². The van der Waals surface area contributed by atoms with Crippen LogP contribution in [-0.2, 0) is 16.1 Å². The molecule has 0 N–H and O–H groups in total. The predicted molar refractivity (Wildman–Crippen MR) is 62.6 cm³/mol. The summed E-state index contributed by atoms with van der Waals surface area (Å²) in [6, 6.07) is 3.77. The fourth-order valence-electron chi connectivity index (χ4n) is 1.14. The molecule has 1 rings (SSSR count). The van der Waals surface area contributed by atoms with Crippen molar-refractivity contribution in [2.45, 2.75) is 13.5 Å². The van der Waals surface area contributed by atoms with Gasteiger partial charge in [0.05, 0.1) is 19.7 Å². The summed E-state index contributed by atoms with van der Waals surface area (Å²) < 4.78 is 4.83. The standard InChI is InChI=1S/C10H12ClNO3S/c1-2-15-10(14)12(7-9(11)13)6-8-4-3-5-16-8/h3-5H,2,6-7H2,1H3. The summed E-state index contributed by atoms with van der Waals surface area (Å²) in [7, 11) is 0. The normalized spacial score (nSPS) is 9.88. The number of carbonyl (C=O) groups is 2. The van der Waals surface area contributed by atoms with Gasteiger partial charge in [0, 0.05) is 4.88 Å². The maximum Gasteiger partial charge on any atom is 0.410 e. The smallest absolute Gasteiger partial charge is 0.410 e. The van der Waals surface area contributed by atoms with Crippen molar-refractivity contribution in [1.82, 2.24) is 4.90 Å². The van der Waals surface area contributed by atoms with Crippen LogP contribution in [0.4, 0.5) is 4.79 Å². The minimum Gasteiger partial charge on any atom is -0.450 e. The molecule has 0 saturated carbocycles. The van der Waals surface area contributed by atoms with Crippen LogP contribution in [0.1, 0.15) is 11.8 Å². The van der Waals surface area contributed by atoms with Gasteiger partial charge in [0.1, 0.15) is 0 Å². The van der Waals surface area contributed by atoms with E-state index >= 15 is 0 Å². The van der Waals surface area contributed by atoms with Gasteiger partial charge >= 0.3 is 6.09 Å². The van der Waals surface area contributed by atoms with Gasteiger partial charge in [0.15, 0.2) is 0 Å². The molecule has 4 nitrogen and oxygen atoms in total. The number of rotatable bonds is 5. The van der Waals surface area contributed by atoms with E-state index in [0.29, 0.717) is 6.54 Å². The van der Waals surface area contributed by atoms with Crippen molar-refractivity contribution in [3.05, 3.63) is 22.4 Å². The van der Waals surface area contributed by atoms with Gasteiger partial charge in [-0.2, -0.15) is 0 Å². The Bertz CT molecular complexity index is 353. The molecule has 88 valence electrons. The molecule has 0 saturated heterocycles. The molecule has 0 spiro atoms. The molecular formula is C10H12ClNO3S. The van der Waals surface area contributed by atoms with E-state index in [-0.39, 0.29) is 13.2 Å². The number of hydrogen-bond acceptors (Lipinski definition) is 4. The van der Waals surface area contributed by atoms with Crippen molar-refractivity contribution < 1.29 is 14.3 Å². The summed E-state index contributed by atoms with van der Waals surface area (Å²) in [6.07, 6.45) is -0.523. The van der Waals surface area contributed by atoms with Gasteiger partial charge in [0.25, 0.3) is 0 Å². The van der Waals surface area contributed by atoms with Crippen molar-refractivity contribution in [3.63, 3.8) is 0 Å². The largest absolute Gasteiger partial charge is 0.450 e. The molecule has 0 atom stereocenters. The Morgan fingerprint density at radius 2 is 2.31 bits per heavy atom. The Balaban J connectivity index is 2.63. The second-order valence-corrected chi connectivity index (χ2v) is 4.44. The van der Waals surface area contributed by atoms with Crippen LogP contribution in [-0.4, -0.2) is 29.4 Å². The van der Waals surface area contributed by atoms with Gasteiger partial charge in [-0.3, -0.25) is 9.69 Å². The van der Waals surface area contributed by atoms with Crippen LogP contribution in [0.2, 0.25) is 0 Å². The number of nitrogens with zero attached hydrogens (tertiary/aromatic N) is 1. The van der Waals surface area contributed by atoms with Crippen molar-refractivity contribution in [3.8, 4) is 0 Å². The highest BCUT2D eigenvalue weighted by Crippen LogP contribution is 2.12. The van der Waals surface area contributed by atoms with Crippen LogP contribution in [0.15, 0.2) is 17.5 Å². The van der Waals surface area contributed by atoms with Crippen LogP contribution >= 0.6 is 22.9 Å². The maximum atomic E-state index is 11.5. The van der Waals surface area contributed by atoms with Crippen LogP contribution in [0, 0.1) is 0 Å². The molecule has 0 aliphatic heterocycles. The van der Waals surface area contributed by atoms with E-state index in [9.17, 15) is 9.59 Å². The van der Waals surface area contributed by atoms with E-state index in [1.807, 2.05) is 17.5 Å². The Morgan fingerprint density at radius 1 is 1.56 bits per heavy atom. The molecule has 16 heavy (non-hydrogen) atoms. The van der Waals surface area contributed by atoms with Gasteiger partial charge in [-0.1, -0.05) is 6.07 Å². The number of thiophene rings is 1. The molecule has 1 aromatic rings. The van der Waals surface area contributed by atoms with Crippen LogP contribution in [0.25, 0.3) is 0 Å². The van der Waals surface area contributed by atoms with Gasteiger partial charge in [-0.15, -0.1) is 11.3 Å². The summed E-state index contributed by atoms with van der Waals surface area (Å²) >= 11 is 6.78. The van der Waals surface area contributed by atoms with E-state index in [4.69, 9.17) is 16.3 Å². The molecular weight excluding hydrogens is 250 g/mol. The van der Waals surface area contributed by atoms with Crippen molar-refractivity contribution in [2.75, 3.05) is 13.2 Å². The molecule has 0 aliphatic rings.